The fourth-order valence-electron chi connectivity index (χ4n) is 1.54. The van der Waals surface area contributed by atoms with Gasteiger partial charge in [-0.05, 0) is 5.92 Å². The van der Waals surface area contributed by atoms with E-state index in [0.717, 1.165) is 25.7 Å². The molecule has 11 heavy (non-hydrogen) atoms. The summed E-state index contributed by atoms with van der Waals surface area (Å²) in [5, 5.41) is 15.8. The summed E-state index contributed by atoms with van der Waals surface area (Å²) in [5.74, 6) is 1.03. The van der Waals surface area contributed by atoms with E-state index in [4.69, 9.17) is 10.2 Å². The second-order valence-corrected chi connectivity index (χ2v) is 3.13. The topological polar surface area (TPSA) is 43.1 Å². The molecule has 67 valence electrons. The first-order valence-corrected chi connectivity index (χ1v) is 3.98. The second-order valence-electron chi connectivity index (χ2n) is 3.13. The van der Waals surface area contributed by atoms with Gasteiger partial charge in [-0.1, -0.05) is 38.2 Å². The quantitative estimate of drug-likeness (QED) is 0.585. The summed E-state index contributed by atoms with van der Waals surface area (Å²) < 4.78 is 0. The van der Waals surface area contributed by atoms with E-state index in [2.05, 4.69) is 0 Å². The molecular weight excluding hydrogens is 318 g/mol. The molecule has 1 aliphatic carbocycles. The van der Waals surface area contributed by atoms with Crippen molar-refractivity contribution in [2.75, 3.05) is 6.61 Å². The summed E-state index contributed by atoms with van der Waals surface area (Å²) in [5.41, 5.74) is 0. The van der Waals surface area contributed by atoms with E-state index in [-0.39, 0.29) is 19.8 Å². The smallest absolute Gasteiger partial charge is 0.591 e. The summed E-state index contributed by atoms with van der Waals surface area (Å²) in [6, 6.07) is 0. The molecule has 1 fully saturated rings. The summed E-state index contributed by atoms with van der Waals surface area (Å²) in [6.45, 7) is 1.89. The van der Waals surface area contributed by atoms with Crippen molar-refractivity contribution in [1.82, 2.24) is 0 Å². The molecule has 1 saturated carbocycles. The third-order valence-electron chi connectivity index (χ3n) is 2.39. The first kappa shape index (κ1) is 11.6. The summed E-state index contributed by atoms with van der Waals surface area (Å²) in [4.78, 5) is 0. The van der Waals surface area contributed by atoms with Crippen LogP contribution in [0.15, 0.2) is 0 Å². The van der Waals surface area contributed by atoms with Crippen molar-refractivity contribution in [3.05, 3.63) is 6.61 Å². The van der Waals surface area contributed by atoms with Crippen LogP contribution in [-0.2, 0) is 19.8 Å². The summed E-state index contributed by atoms with van der Waals surface area (Å²) in [6.07, 6.45) is 4.43. The average Bonchev–Trinajstić information content (AvgIpc) is 2.05. The van der Waals surface area contributed by atoms with Gasteiger partial charge in [-0.15, -0.1) is 0 Å². The van der Waals surface area contributed by atoms with Crippen LogP contribution in [0.25, 0.3) is 0 Å². The molecule has 0 aromatic heterocycles. The largest absolute Gasteiger partial charge is 1.00 e. The van der Waals surface area contributed by atoms with E-state index in [0.29, 0.717) is 18.4 Å². The molecule has 0 aliphatic heterocycles. The van der Waals surface area contributed by atoms with Gasteiger partial charge < -0.3 is 10.2 Å². The van der Waals surface area contributed by atoms with Crippen molar-refractivity contribution in [3.63, 3.8) is 0 Å². The van der Waals surface area contributed by atoms with Gasteiger partial charge in [0.1, 0.15) is 0 Å². The maximum Gasteiger partial charge on any atom is 1.00 e. The van der Waals surface area contributed by atoms with E-state index in [1.807, 2.05) is 0 Å². The molecule has 2 nitrogen and oxygen atoms in total. The Bertz CT molecular complexity index is 78.1. The average molecular weight is 334 g/mol. The van der Waals surface area contributed by atoms with Crippen molar-refractivity contribution in [1.29, 1.82) is 0 Å². The SMILES string of the molecule is OCC1CCC([CH-][OH2+])CC1.[Os+]. The number of hydrogen-bond acceptors (Lipinski definition) is 1. The van der Waals surface area contributed by atoms with Crippen molar-refractivity contribution < 1.29 is 30.0 Å². The van der Waals surface area contributed by atoms with Crippen molar-refractivity contribution in [2.24, 2.45) is 11.8 Å². The third kappa shape index (κ3) is 3.65. The van der Waals surface area contributed by atoms with Gasteiger partial charge in [0.25, 0.3) is 0 Å². The monoisotopic (exact) mass is 336 g/mol. The maximum absolute atomic E-state index is 8.79. The Kier molecular flexibility index (Phi) is 6.42. The molecule has 1 radical (unpaired) electrons. The normalized spacial score (nSPS) is 31.1. The molecule has 1 rings (SSSR count). The first-order valence-electron chi connectivity index (χ1n) is 3.98. The molecule has 0 aromatic carbocycles. The van der Waals surface area contributed by atoms with Gasteiger partial charge in [-0.3, -0.25) is 0 Å². The van der Waals surface area contributed by atoms with Gasteiger partial charge in [-0.25, -0.2) is 0 Å². The fourth-order valence-corrected chi connectivity index (χ4v) is 1.54. The molecule has 3 heteroatoms. The van der Waals surface area contributed by atoms with Gasteiger partial charge in [0.2, 0.25) is 0 Å². The number of aliphatic hydroxyl groups excluding tert-OH is 1. The molecular formula is C8H16O2Os+. The predicted octanol–water partition coefficient (Wildman–Crippen LogP) is 0.669. The zero-order valence-corrected chi connectivity index (χ0v) is 9.11. The molecule has 0 bridgehead atoms. The van der Waals surface area contributed by atoms with E-state index in [1.165, 1.54) is 0 Å². The van der Waals surface area contributed by atoms with Crippen LogP contribution in [-0.4, -0.2) is 16.8 Å². The Morgan fingerprint density at radius 2 is 1.82 bits per heavy atom. The molecule has 0 aromatic rings. The minimum atomic E-state index is 0. The number of rotatable bonds is 2. The van der Waals surface area contributed by atoms with E-state index in [1.54, 1.807) is 6.61 Å². The molecule has 0 amide bonds. The van der Waals surface area contributed by atoms with Crippen LogP contribution < -0.4 is 0 Å². The molecule has 0 atom stereocenters. The minimum Gasteiger partial charge on any atom is -0.591 e. The van der Waals surface area contributed by atoms with Gasteiger partial charge in [0, 0.05) is 6.61 Å². The molecule has 0 unspecified atom stereocenters. The minimum absolute atomic E-state index is 0. The van der Waals surface area contributed by atoms with Crippen LogP contribution in [0, 0.1) is 18.4 Å². The second kappa shape index (κ2) is 6.11. The van der Waals surface area contributed by atoms with Crippen molar-refractivity contribution >= 4 is 0 Å². The van der Waals surface area contributed by atoms with E-state index in [9.17, 15) is 0 Å². The Hall–Kier alpha value is 0.556. The molecule has 1 aliphatic rings. The Labute approximate surface area is 81.1 Å². The van der Waals surface area contributed by atoms with Crippen LogP contribution in [0.3, 0.4) is 0 Å². The summed E-state index contributed by atoms with van der Waals surface area (Å²) in [7, 11) is 0. The van der Waals surface area contributed by atoms with E-state index >= 15 is 0 Å². The first-order chi connectivity index (χ1) is 4.86. The Balaban J connectivity index is 0.000001000. The third-order valence-corrected chi connectivity index (χ3v) is 2.39. The van der Waals surface area contributed by atoms with E-state index < -0.39 is 0 Å². The fraction of sp³-hybridized carbons (Fsp3) is 0.875. The summed E-state index contributed by atoms with van der Waals surface area (Å²) >= 11 is 0. The van der Waals surface area contributed by atoms with Crippen molar-refractivity contribution in [3.8, 4) is 0 Å². The van der Waals surface area contributed by atoms with Gasteiger partial charge in [-0.2, -0.15) is 0 Å². The number of aliphatic hydroxyl groups is 1. The Morgan fingerprint density at radius 3 is 2.18 bits per heavy atom. The molecule has 3 N–H and O–H groups in total. The molecule has 0 heterocycles. The van der Waals surface area contributed by atoms with Crippen LogP contribution in [0.2, 0.25) is 0 Å². The van der Waals surface area contributed by atoms with Crippen LogP contribution in [0.1, 0.15) is 25.7 Å². The Morgan fingerprint density at radius 1 is 1.27 bits per heavy atom. The molecule has 0 saturated heterocycles. The van der Waals surface area contributed by atoms with Gasteiger partial charge >= 0.3 is 19.8 Å². The van der Waals surface area contributed by atoms with Crippen LogP contribution >= 0.6 is 0 Å². The van der Waals surface area contributed by atoms with Crippen LogP contribution in [0.5, 0.6) is 0 Å². The standard InChI is InChI=1S/C8H16O2.Os/c9-5-7-1-2-8(6-10)4-3-7;/h5,7-8,10H,1-4,6,9H2;/q;+1. The van der Waals surface area contributed by atoms with Crippen molar-refractivity contribution in [2.45, 2.75) is 25.7 Å². The van der Waals surface area contributed by atoms with Gasteiger partial charge in [0.05, 0.1) is 0 Å². The zero-order valence-electron chi connectivity index (χ0n) is 6.57. The zero-order chi connectivity index (χ0) is 7.40. The van der Waals surface area contributed by atoms with Crippen LogP contribution in [0.4, 0.5) is 0 Å². The number of hydrogen-bond donors (Lipinski definition) is 1. The maximum atomic E-state index is 8.79. The van der Waals surface area contributed by atoms with Gasteiger partial charge in [0.15, 0.2) is 0 Å². The predicted molar refractivity (Wildman–Crippen MR) is 40.4 cm³/mol. The molecule has 0 spiro atoms.